The summed E-state index contributed by atoms with van der Waals surface area (Å²) in [5.41, 5.74) is 1.81. The topological polar surface area (TPSA) is 41.1 Å². The van der Waals surface area contributed by atoms with Crippen LogP contribution in [0.25, 0.3) is 0 Å². The first-order valence-electron chi connectivity index (χ1n) is 6.91. The smallest absolute Gasteiger partial charge is 0.267 e. The molecule has 3 heteroatoms. The summed E-state index contributed by atoms with van der Waals surface area (Å²) in [7, 11) is 0. The number of carbonyl (C=O) groups is 1. The highest BCUT2D eigenvalue weighted by atomic mass is 16.2. The number of carbonyl (C=O) groups excluding carboxylic acids is 1. The van der Waals surface area contributed by atoms with Crippen molar-refractivity contribution in [2.45, 2.75) is 78.3 Å². The van der Waals surface area contributed by atoms with Crippen molar-refractivity contribution in [1.29, 1.82) is 0 Å². The van der Waals surface area contributed by atoms with Crippen LogP contribution in [0.1, 0.15) is 67.2 Å². The SMILES string of the molecule is CC(C)(C)NC(=O)C(NC(C)(C)C)=C1CCCC1. The van der Waals surface area contributed by atoms with Gasteiger partial charge in [0.15, 0.2) is 0 Å². The van der Waals surface area contributed by atoms with E-state index in [1.54, 1.807) is 0 Å². The maximum atomic E-state index is 12.4. The van der Waals surface area contributed by atoms with Crippen molar-refractivity contribution in [3.05, 3.63) is 11.3 Å². The van der Waals surface area contributed by atoms with E-state index in [9.17, 15) is 4.79 Å². The van der Waals surface area contributed by atoms with Gasteiger partial charge in [0.05, 0.1) is 5.70 Å². The number of amides is 1. The van der Waals surface area contributed by atoms with Gasteiger partial charge in [-0.15, -0.1) is 0 Å². The maximum Gasteiger partial charge on any atom is 0.267 e. The molecule has 1 rings (SSSR count). The fourth-order valence-electron chi connectivity index (χ4n) is 2.14. The van der Waals surface area contributed by atoms with E-state index < -0.39 is 0 Å². The molecule has 1 saturated carbocycles. The van der Waals surface area contributed by atoms with E-state index in [-0.39, 0.29) is 17.0 Å². The summed E-state index contributed by atoms with van der Waals surface area (Å²) in [4.78, 5) is 12.4. The fourth-order valence-corrected chi connectivity index (χ4v) is 2.14. The van der Waals surface area contributed by atoms with Crippen molar-refractivity contribution in [3.63, 3.8) is 0 Å². The lowest BCUT2D eigenvalue weighted by Crippen LogP contribution is -2.47. The van der Waals surface area contributed by atoms with E-state index >= 15 is 0 Å². The van der Waals surface area contributed by atoms with Gasteiger partial charge in [0.2, 0.25) is 0 Å². The molecule has 0 bridgehead atoms. The molecule has 2 N–H and O–H groups in total. The van der Waals surface area contributed by atoms with Crippen molar-refractivity contribution in [2.75, 3.05) is 0 Å². The summed E-state index contributed by atoms with van der Waals surface area (Å²) in [5, 5.41) is 6.45. The number of allylic oxidation sites excluding steroid dienone is 1. The van der Waals surface area contributed by atoms with Crippen LogP contribution in [0.5, 0.6) is 0 Å². The molecule has 18 heavy (non-hydrogen) atoms. The monoisotopic (exact) mass is 252 g/mol. The van der Waals surface area contributed by atoms with Gasteiger partial charge in [-0.3, -0.25) is 4.79 Å². The Morgan fingerprint density at radius 2 is 1.33 bits per heavy atom. The standard InChI is InChI=1S/C15H28N2O/c1-14(2,3)16-12(11-9-7-8-10-11)13(18)17-15(4,5)6/h16H,7-10H2,1-6H3,(H,17,18). The van der Waals surface area contributed by atoms with Gasteiger partial charge in [-0.05, 0) is 72.8 Å². The van der Waals surface area contributed by atoms with Crippen LogP contribution in [0, 0.1) is 0 Å². The second kappa shape index (κ2) is 5.33. The highest BCUT2D eigenvalue weighted by Crippen LogP contribution is 2.27. The van der Waals surface area contributed by atoms with Crippen LogP contribution >= 0.6 is 0 Å². The number of hydrogen-bond donors (Lipinski definition) is 2. The van der Waals surface area contributed by atoms with Crippen LogP contribution in [0.2, 0.25) is 0 Å². The van der Waals surface area contributed by atoms with Crippen LogP contribution < -0.4 is 10.6 Å². The van der Waals surface area contributed by atoms with Gasteiger partial charge in [-0.2, -0.15) is 0 Å². The molecule has 0 aromatic rings. The van der Waals surface area contributed by atoms with Crippen LogP contribution in [-0.4, -0.2) is 17.0 Å². The molecule has 104 valence electrons. The first-order chi connectivity index (χ1) is 8.08. The third-order valence-corrected chi connectivity index (χ3v) is 2.78. The van der Waals surface area contributed by atoms with Gasteiger partial charge < -0.3 is 10.6 Å². The Morgan fingerprint density at radius 3 is 1.72 bits per heavy atom. The minimum Gasteiger partial charge on any atom is -0.376 e. The van der Waals surface area contributed by atoms with E-state index in [0.29, 0.717) is 0 Å². The zero-order valence-corrected chi connectivity index (χ0v) is 12.7. The second-order valence-corrected chi connectivity index (χ2v) is 7.26. The van der Waals surface area contributed by atoms with Gasteiger partial charge in [-0.1, -0.05) is 0 Å². The van der Waals surface area contributed by atoms with Gasteiger partial charge in [0.1, 0.15) is 0 Å². The van der Waals surface area contributed by atoms with E-state index in [0.717, 1.165) is 18.5 Å². The molecule has 1 aliphatic carbocycles. The molecule has 0 spiro atoms. The summed E-state index contributed by atoms with van der Waals surface area (Å²) in [6, 6.07) is 0. The molecular weight excluding hydrogens is 224 g/mol. The van der Waals surface area contributed by atoms with Crippen LogP contribution in [-0.2, 0) is 4.79 Å². The maximum absolute atomic E-state index is 12.4. The first-order valence-corrected chi connectivity index (χ1v) is 6.91. The van der Waals surface area contributed by atoms with E-state index in [1.807, 2.05) is 20.8 Å². The van der Waals surface area contributed by atoms with Gasteiger partial charge in [0, 0.05) is 11.1 Å². The third-order valence-electron chi connectivity index (χ3n) is 2.78. The molecule has 0 aliphatic heterocycles. The molecule has 1 aliphatic rings. The Bertz CT molecular complexity index is 334. The molecule has 1 amide bonds. The van der Waals surface area contributed by atoms with Crippen molar-refractivity contribution in [2.24, 2.45) is 0 Å². The Kier molecular flexibility index (Phi) is 4.46. The van der Waals surface area contributed by atoms with E-state index in [2.05, 4.69) is 31.4 Å². The Hall–Kier alpha value is -0.990. The molecule has 0 aromatic carbocycles. The van der Waals surface area contributed by atoms with Crippen molar-refractivity contribution in [1.82, 2.24) is 10.6 Å². The lowest BCUT2D eigenvalue weighted by Gasteiger charge is -2.28. The quantitative estimate of drug-likeness (QED) is 0.741. The Morgan fingerprint density at radius 1 is 0.889 bits per heavy atom. The molecule has 0 heterocycles. The minimum absolute atomic E-state index is 0.0364. The molecule has 0 aromatic heterocycles. The van der Waals surface area contributed by atoms with Crippen LogP contribution in [0.4, 0.5) is 0 Å². The molecule has 0 radical (unpaired) electrons. The highest BCUT2D eigenvalue weighted by molar-refractivity contribution is 5.94. The number of rotatable bonds is 2. The molecule has 3 nitrogen and oxygen atoms in total. The summed E-state index contributed by atoms with van der Waals surface area (Å²) >= 11 is 0. The average Bonchev–Trinajstić information content (AvgIpc) is 2.61. The second-order valence-electron chi connectivity index (χ2n) is 7.26. The predicted octanol–water partition coefficient (Wildman–Crippen LogP) is 3.12. The minimum atomic E-state index is -0.193. The first kappa shape index (κ1) is 15.1. The zero-order chi connectivity index (χ0) is 14.0. The van der Waals surface area contributed by atoms with Crippen molar-refractivity contribution >= 4 is 5.91 Å². The number of nitrogens with one attached hydrogen (secondary N) is 2. The molecule has 0 unspecified atom stereocenters. The Balaban J connectivity index is 2.91. The fraction of sp³-hybridized carbons (Fsp3) is 0.800. The van der Waals surface area contributed by atoms with Gasteiger partial charge in [-0.25, -0.2) is 0 Å². The summed E-state index contributed by atoms with van der Waals surface area (Å²) < 4.78 is 0. The van der Waals surface area contributed by atoms with Crippen LogP contribution in [0.15, 0.2) is 11.3 Å². The lowest BCUT2D eigenvalue weighted by molar-refractivity contribution is -0.119. The van der Waals surface area contributed by atoms with Crippen molar-refractivity contribution in [3.8, 4) is 0 Å². The summed E-state index contributed by atoms with van der Waals surface area (Å²) in [6.07, 6.45) is 4.51. The predicted molar refractivity (Wildman–Crippen MR) is 76.3 cm³/mol. The normalized spacial score (nSPS) is 16.7. The molecule has 0 atom stereocenters. The van der Waals surface area contributed by atoms with Gasteiger partial charge >= 0.3 is 0 Å². The van der Waals surface area contributed by atoms with E-state index in [1.165, 1.54) is 18.4 Å². The van der Waals surface area contributed by atoms with Crippen molar-refractivity contribution < 1.29 is 4.79 Å². The average molecular weight is 252 g/mol. The third kappa shape index (κ3) is 5.11. The molecule has 0 saturated heterocycles. The zero-order valence-electron chi connectivity index (χ0n) is 12.7. The summed E-state index contributed by atoms with van der Waals surface area (Å²) in [6.45, 7) is 12.3. The molecule has 1 fully saturated rings. The number of hydrogen-bond acceptors (Lipinski definition) is 2. The summed E-state index contributed by atoms with van der Waals surface area (Å²) in [5.74, 6) is 0.0364. The molecular formula is C15H28N2O. The van der Waals surface area contributed by atoms with Crippen LogP contribution in [0.3, 0.4) is 0 Å². The largest absolute Gasteiger partial charge is 0.376 e. The van der Waals surface area contributed by atoms with E-state index in [4.69, 9.17) is 0 Å². The highest BCUT2D eigenvalue weighted by Gasteiger charge is 2.25. The Labute approximate surface area is 111 Å². The van der Waals surface area contributed by atoms with Gasteiger partial charge in [0.25, 0.3) is 5.91 Å². The lowest BCUT2D eigenvalue weighted by atomic mass is 10.0.